The number of halogens is 2. The third-order valence-corrected chi connectivity index (χ3v) is 8.24. The van der Waals surface area contributed by atoms with Gasteiger partial charge in [0, 0.05) is 49.1 Å². The number of benzene rings is 3. The minimum Gasteiger partial charge on any atom is -0.352 e. The molecule has 2 N–H and O–H groups in total. The highest BCUT2D eigenvalue weighted by molar-refractivity contribution is 7.98. The molecular weight excluding hydrogens is 568 g/mol. The number of hydrogen-bond acceptors (Lipinski definition) is 5. The Morgan fingerprint density at radius 2 is 1.58 bits per heavy atom. The van der Waals surface area contributed by atoms with Gasteiger partial charge in [0.1, 0.15) is 11.6 Å². The van der Waals surface area contributed by atoms with Crippen LogP contribution in [0.1, 0.15) is 47.9 Å². The molecule has 10 heteroatoms. The summed E-state index contributed by atoms with van der Waals surface area (Å²) in [5, 5.41) is 10.3. The van der Waals surface area contributed by atoms with E-state index >= 15 is 0 Å². The Kier molecular flexibility index (Phi) is 9.78. The lowest BCUT2D eigenvalue weighted by Crippen LogP contribution is -2.24. The van der Waals surface area contributed by atoms with Crippen molar-refractivity contribution in [3.05, 3.63) is 136 Å². The van der Waals surface area contributed by atoms with E-state index < -0.39 is 0 Å². The van der Waals surface area contributed by atoms with Crippen molar-refractivity contribution in [2.75, 3.05) is 0 Å². The first-order valence-corrected chi connectivity index (χ1v) is 14.9. The zero-order valence-electron chi connectivity index (χ0n) is 23.6. The van der Waals surface area contributed by atoms with Gasteiger partial charge >= 0.3 is 0 Å². The topological polar surface area (TPSA) is 92.7 Å². The number of aromatic amines is 1. The number of aromatic nitrogens is 4. The van der Waals surface area contributed by atoms with E-state index in [0.717, 1.165) is 27.8 Å². The van der Waals surface area contributed by atoms with E-state index in [9.17, 15) is 18.4 Å². The van der Waals surface area contributed by atoms with Gasteiger partial charge in [0.25, 0.3) is 5.56 Å². The molecule has 0 radical (unpaired) electrons. The third-order valence-electron chi connectivity index (χ3n) is 7.18. The Morgan fingerprint density at radius 3 is 2.23 bits per heavy atom. The van der Waals surface area contributed by atoms with Gasteiger partial charge in [-0.25, -0.2) is 8.78 Å². The molecule has 220 valence electrons. The number of H-pyrrole nitrogens is 1. The Balaban J connectivity index is 1.21. The highest BCUT2D eigenvalue weighted by Gasteiger charge is 2.17. The summed E-state index contributed by atoms with van der Waals surface area (Å²) in [5.41, 5.74) is 4.87. The van der Waals surface area contributed by atoms with Crippen LogP contribution in [0.5, 0.6) is 0 Å². The van der Waals surface area contributed by atoms with Gasteiger partial charge in [-0.05, 0) is 58.5 Å². The summed E-state index contributed by atoms with van der Waals surface area (Å²) in [5.74, 6) is -0.349. The second-order valence-electron chi connectivity index (χ2n) is 10.2. The van der Waals surface area contributed by atoms with Crippen molar-refractivity contribution >= 4 is 17.7 Å². The molecule has 1 atom stereocenters. The summed E-state index contributed by atoms with van der Waals surface area (Å²) >= 11 is 1.40. The van der Waals surface area contributed by atoms with Gasteiger partial charge in [0.2, 0.25) is 5.91 Å². The highest BCUT2D eigenvalue weighted by Crippen LogP contribution is 2.25. The van der Waals surface area contributed by atoms with E-state index in [4.69, 9.17) is 0 Å². The molecule has 43 heavy (non-hydrogen) atoms. The standard InChI is InChI=1S/C33H31F2N5O2S/c1-22(27-18-37-38-19-27)30-20-40(33(39-32(30)42)43-21-24-6-12-28(34)13-7-24)16-2-3-31(41)36-17-23-4-8-25(9-5-23)26-10-14-29(35)15-11-26/h4-15,18-20,22H,2-3,16-17,21H2,1H3,(H,36,41)(H,37,38). The van der Waals surface area contributed by atoms with E-state index in [1.54, 1.807) is 36.7 Å². The number of amides is 1. The lowest BCUT2D eigenvalue weighted by atomic mass is 9.98. The smallest absolute Gasteiger partial charge is 0.277 e. The fourth-order valence-corrected chi connectivity index (χ4v) is 5.57. The number of nitrogens with zero attached hydrogens (tertiary/aromatic N) is 3. The first-order valence-electron chi connectivity index (χ1n) is 13.9. The summed E-state index contributed by atoms with van der Waals surface area (Å²) in [6.45, 7) is 2.82. The fraction of sp³-hybridized carbons (Fsp3) is 0.212. The number of carbonyl (C=O) groups is 1. The van der Waals surface area contributed by atoms with Gasteiger partial charge in [-0.15, -0.1) is 0 Å². The summed E-state index contributed by atoms with van der Waals surface area (Å²) < 4.78 is 28.5. The molecule has 5 rings (SSSR count). The van der Waals surface area contributed by atoms with Crippen LogP contribution in [0, 0.1) is 11.6 Å². The number of hydrogen-bond donors (Lipinski definition) is 2. The molecule has 1 amide bonds. The zero-order chi connectivity index (χ0) is 30.2. The number of thioether (sulfide) groups is 1. The third kappa shape index (κ3) is 8.04. The highest BCUT2D eigenvalue weighted by atomic mass is 32.2. The van der Waals surface area contributed by atoms with Crippen LogP contribution in [-0.2, 0) is 23.6 Å². The Labute approximate surface area is 252 Å². The Hall–Kier alpha value is -4.57. The van der Waals surface area contributed by atoms with Gasteiger partial charge < -0.3 is 9.88 Å². The molecule has 1 unspecified atom stereocenters. The predicted molar refractivity (Wildman–Crippen MR) is 163 cm³/mol. The average Bonchev–Trinajstić information content (AvgIpc) is 3.56. The fourth-order valence-electron chi connectivity index (χ4n) is 4.63. The molecule has 5 aromatic rings. The van der Waals surface area contributed by atoms with Gasteiger partial charge in [0.05, 0.1) is 6.20 Å². The molecule has 0 saturated heterocycles. The lowest BCUT2D eigenvalue weighted by molar-refractivity contribution is -0.121. The van der Waals surface area contributed by atoms with Crippen LogP contribution in [0.15, 0.2) is 101 Å². The molecule has 0 fully saturated rings. The second kappa shape index (κ2) is 14.1. The van der Waals surface area contributed by atoms with E-state index in [0.29, 0.717) is 42.4 Å². The van der Waals surface area contributed by atoms with Crippen LogP contribution < -0.4 is 10.9 Å². The number of aryl methyl sites for hydroxylation is 1. The van der Waals surface area contributed by atoms with Crippen molar-refractivity contribution in [3.8, 4) is 11.1 Å². The van der Waals surface area contributed by atoms with Crippen LogP contribution in [0.3, 0.4) is 0 Å². The molecule has 0 bridgehead atoms. The van der Waals surface area contributed by atoms with Crippen LogP contribution in [0.2, 0.25) is 0 Å². The Morgan fingerprint density at radius 1 is 0.953 bits per heavy atom. The quantitative estimate of drug-likeness (QED) is 0.127. The average molecular weight is 600 g/mol. The number of rotatable bonds is 12. The maximum absolute atomic E-state index is 13.3. The van der Waals surface area contributed by atoms with Crippen LogP contribution >= 0.6 is 11.8 Å². The normalized spacial score (nSPS) is 11.8. The van der Waals surface area contributed by atoms with Crippen molar-refractivity contribution in [1.29, 1.82) is 0 Å². The van der Waals surface area contributed by atoms with E-state index in [-0.39, 0.29) is 29.0 Å². The van der Waals surface area contributed by atoms with Crippen molar-refractivity contribution in [2.24, 2.45) is 0 Å². The molecule has 0 aliphatic heterocycles. The Bertz CT molecular complexity index is 1710. The van der Waals surface area contributed by atoms with Crippen molar-refractivity contribution in [3.63, 3.8) is 0 Å². The first-order chi connectivity index (χ1) is 20.9. The molecule has 0 spiro atoms. The van der Waals surface area contributed by atoms with Crippen LogP contribution in [0.4, 0.5) is 8.78 Å². The molecule has 0 aliphatic rings. The second-order valence-corrected chi connectivity index (χ2v) is 11.2. The van der Waals surface area contributed by atoms with E-state index in [1.807, 2.05) is 42.0 Å². The summed E-state index contributed by atoms with van der Waals surface area (Å²) in [6, 6.07) is 20.3. The largest absolute Gasteiger partial charge is 0.352 e. The summed E-state index contributed by atoms with van der Waals surface area (Å²) in [7, 11) is 0. The molecule has 0 aliphatic carbocycles. The maximum atomic E-state index is 13.3. The lowest BCUT2D eigenvalue weighted by Gasteiger charge is -2.16. The van der Waals surface area contributed by atoms with Gasteiger partial charge in [-0.1, -0.05) is 67.2 Å². The molecule has 0 saturated carbocycles. The molecule has 2 heterocycles. The maximum Gasteiger partial charge on any atom is 0.277 e. The number of carbonyl (C=O) groups excluding carboxylic acids is 1. The monoisotopic (exact) mass is 599 g/mol. The van der Waals surface area contributed by atoms with Gasteiger partial charge in [0.15, 0.2) is 5.16 Å². The van der Waals surface area contributed by atoms with E-state index in [1.165, 1.54) is 36.0 Å². The molecule has 7 nitrogen and oxygen atoms in total. The van der Waals surface area contributed by atoms with Crippen molar-refractivity contribution in [1.82, 2.24) is 25.1 Å². The predicted octanol–water partition coefficient (Wildman–Crippen LogP) is 6.45. The summed E-state index contributed by atoms with van der Waals surface area (Å²) in [4.78, 5) is 30.1. The minimum absolute atomic E-state index is 0.0795. The first kappa shape index (κ1) is 29.9. The minimum atomic E-state index is -0.310. The van der Waals surface area contributed by atoms with E-state index in [2.05, 4.69) is 20.5 Å². The molecular formula is C33H31F2N5O2S. The molecule has 3 aromatic carbocycles. The van der Waals surface area contributed by atoms with Crippen LogP contribution in [-0.4, -0.2) is 25.7 Å². The van der Waals surface area contributed by atoms with Crippen molar-refractivity contribution in [2.45, 2.75) is 49.7 Å². The zero-order valence-corrected chi connectivity index (χ0v) is 24.4. The van der Waals surface area contributed by atoms with Crippen LogP contribution in [0.25, 0.3) is 11.1 Å². The van der Waals surface area contributed by atoms with Crippen molar-refractivity contribution < 1.29 is 13.6 Å². The molecule has 2 aromatic heterocycles. The van der Waals surface area contributed by atoms with Gasteiger partial charge in [-0.2, -0.15) is 10.1 Å². The number of nitrogens with one attached hydrogen (secondary N) is 2. The SMILES string of the molecule is CC(c1cn[nH]c1)c1cn(CCCC(=O)NCc2ccc(-c3ccc(F)cc3)cc2)c(SCc2ccc(F)cc2)nc1=O. The summed E-state index contributed by atoms with van der Waals surface area (Å²) in [6.07, 6.45) is 6.11. The van der Waals surface area contributed by atoms with Gasteiger partial charge in [-0.3, -0.25) is 14.7 Å².